The lowest BCUT2D eigenvalue weighted by Gasteiger charge is -2.59. The molecule has 4 nitrogen and oxygen atoms in total. The van der Waals surface area contributed by atoms with Crippen molar-refractivity contribution < 1.29 is 4.79 Å². The van der Waals surface area contributed by atoms with Crippen LogP contribution < -0.4 is 5.32 Å². The second-order valence-electron chi connectivity index (χ2n) is 8.14. The van der Waals surface area contributed by atoms with Gasteiger partial charge < -0.3 is 5.32 Å². The van der Waals surface area contributed by atoms with E-state index in [0.717, 1.165) is 24.8 Å². The lowest BCUT2D eigenvalue weighted by molar-refractivity contribution is -0.138. The van der Waals surface area contributed by atoms with E-state index < -0.39 is 0 Å². The average molecular weight is 418 g/mol. The normalized spacial score (nSPS) is 35.7. The highest BCUT2D eigenvalue weighted by Gasteiger charge is 2.59. The maximum atomic E-state index is 13.2. The van der Waals surface area contributed by atoms with Crippen LogP contribution in [0.15, 0.2) is 30.3 Å². The zero-order chi connectivity index (χ0) is 17.1. The van der Waals surface area contributed by atoms with Crippen molar-refractivity contribution in [2.75, 3.05) is 5.32 Å². The van der Waals surface area contributed by atoms with E-state index in [4.69, 9.17) is 0 Å². The average Bonchev–Trinajstić information content (AvgIpc) is 3.02. The second kappa shape index (κ2) is 5.61. The topological polar surface area (TPSA) is 54.9 Å². The van der Waals surface area contributed by atoms with Crippen molar-refractivity contribution in [2.45, 2.75) is 42.8 Å². The van der Waals surface area contributed by atoms with Gasteiger partial charge in [-0.15, -0.1) is 0 Å². The summed E-state index contributed by atoms with van der Waals surface area (Å²) in [5, 5.41) is 3.71. The summed E-state index contributed by atoms with van der Waals surface area (Å²) in [7, 11) is 0. The number of hydrogen-bond donors (Lipinski definition) is 1. The molecule has 4 aliphatic carbocycles. The van der Waals surface area contributed by atoms with Crippen LogP contribution in [0.5, 0.6) is 0 Å². The van der Waals surface area contributed by atoms with E-state index in [0.29, 0.717) is 22.8 Å². The van der Waals surface area contributed by atoms with Crippen LogP contribution in [0, 0.1) is 17.3 Å². The first kappa shape index (κ1) is 15.9. The maximum absolute atomic E-state index is 13.2. The van der Waals surface area contributed by atoms with E-state index >= 15 is 0 Å². The molecule has 6 heteroatoms. The van der Waals surface area contributed by atoms with E-state index in [9.17, 15) is 4.79 Å². The molecule has 2 atom stereocenters. The molecule has 4 saturated carbocycles. The van der Waals surface area contributed by atoms with E-state index in [-0.39, 0.29) is 15.6 Å². The highest BCUT2D eigenvalue weighted by Crippen LogP contribution is 2.64. The lowest BCUT2D eigenvalue weighted by atomic mass is 9.49. The molecule has 1 amide bonds. The molecule has 0 aliphatic heterocycles. The number of hydrogen-bond acceptors (Lipinski definition) is 4. The first-order chi connectivity index (χ1) is 12.0. The number of nitrogens with one attached hydrogen (secondary N) is 1. The number of rotatable bonds is 3. The van der Waals surface area contributed by atoms with Crippen LogP contribution in [-0.2, 0) is 4.79 Å². The second-order valence-corrected chi connectivity index (χ2v) is 10.6. The van der Waals surface area contributed by atoms with Crippen molar-refractivity contribution in [1.82, 2.24) is 9.36 Å². The summed E-state index contributed by atoms with van der Waals surface area (Å²) in [6, 6.07) is 9.89. The molecule has 130 valence electrons. The first-order valence-corrected chi connectivity index (χ1v) is 10.5. The third-order valence-corrected chi connectivity index (χ3v) is 7.71. The van der Waals surface area contributed by atoms with Crippen molar-refractivity contribution in [3.05, 3.63) is 30.3 Å². The minimum Gasteiger partial charge on any atom is -0.300 e. The molecular weight excluding hydrogens is 398 g/mol. The monoisotopic (exact) mass is 417 g/mol. The number of carbonyl (C=O) groups is 1. The summed E-state index contributed by atoms with van der Waals surface area (Å²) in [6.07, 6.45) is 6.80. The van der Waals surface area contributed by atoms with Gasteiger partial charge in [0.15, 0.2) is 5.82 Å². The van der Waals surface area contributed by atoms with Gasteiger partial charge in [-0.05, 0) is 50.4 Å². The third kappa shape index (κ3) is 2.74. The first-order valence-electron chi connectivity index (χ1n) is 8.93. The third-order valence-electron chi connectivity index (χ3n) is 6.15. The van der Waals surface area contributed by atoms with Crippen molar-refractivity contribution in [3.63, 3.8) is 0 Å². The smallest absolute Gasteiger partial charge is 0.232 e. The molecule has 0 spiro atoms. The van der Waals surface area contributed by atoms with Gasteiger partial charge in [0.05, 0.1) is 5.41 Å². The summed E-state index contributed by atoms with van der Waals surface area (Å²) in [5.41, 5.74) is 0.764. The van der Waals surface area contributed by atoms with E-state index in [1.165, 1.54) is 30.8 Å². The van der Waals surface area contributed by atoms with Crippen LogP contribution in [-0.4, -0.2) is 19.6 Å². The highest BCUT2D eigenvalue weighted by molar-refractivity contribution is 9.10. The zero-order valence-corrected chi connectivity index (χ0v) is 16.3. The molecule has 4 bridgehead atoms. The van der Waals surface area contributed by atoms with Crippen molar-refractivity contribution in [3.8, 4) is 11.4 Å². The van der Waals surface area contributed by atoms with Gasteiger partial charge in [0.25, 0.3) is 0 Å². The molecule has 1 N–H and O–H groups in total. The summed E-state index contributed by atoms with van der Waals surface area (Å²) >= 11 is 5.25. The number of carbonyl (C=O) groups excluding carboxylic acids is 1. The Labute approximate surface area is 159 Å². The molecule has 4 aliphatic rings. The molecule has 6 rings (SSSR count). The van der Waals surface area contributed by atoms with Crippen LogP contribution in [0.2, 0.25) is 0 Å². The summed E-state index contributed by atoms with van der Waals surface area (Å²) in [6.45, 7) is 0. The maximum Gasteiger partial charge on any atom is 0.232 e. The minimum absolute atomic E-state index is 0.154. The Balaban J connectivity index is 1.37. The van der Waals surface area contributed by atoms with Gasteiger partial charge >= 0.3 is 0 Å². The fourth-order valence-corrected chi connectivity index (χ4v) is 7.66. The molecule has 25 heavy (non-hydrogen) atoms. The summed E-state index contributed by atoms with van der Waals surface area (Å²) in [5.74, 6) is 2.23. The molecule has 0 saturated heterocycles. The van der Waals surface area contributed by atoms with Gasteiger partial charge in [-0.2, -0.15) is 9.36 Å². The molecule has 1 heterocycles. The number of nitrogens with zero attached hydrogens (tertiary/aromatic N) is 2. The Kier molecular flexibility index (Phi) is 3.58. The Morgan fingerprint density at radius 3 is 2.56 bits per heavy atom. The molecule has 2 aromatic rings. The van der Waals surface area contributed by atoms with Crippen LogP contribution in [0.3, 0.4) is 0 Å². The predicted octanol–water partition coefficient (Wildman–Crippen LogP) is 4.88. The Hall–Kier alpha value is -1.27. The zero-order valence-electron chi connectivity index (χ0n) is 13.9. The molecular formula is C19H20BrN3OS. The van der Waals surface area contributed by atoms with Crippen molar-refractivity contribution in [1.29, 1.82) is 0 Å². The number of anilines is 1. The van der Waals surface area contributed by atoms with Crippen molar-refractivity contribution in [2.24, 2.45) is 17.3 Å². The number of benzene rings is 1. The van der Waals surface area contributed by atoms with E-state index in [1.54, 1.807) is 0 Å². The Morgan fingerprint density at radius 2 is 1.88 bits per heavy atom. The number of alkyl halides is 1. The molecule has 1 aromatic carbocycles. The predicted molar refractivity (Wildman–Crippen MR) is 103 cm³/mol. The Bertz CT molecular complexity index is 807. The van der Waals surface area contributed by atoms with Crippen LogP contribution in [0.25, 0.3) is 11.4 Å². The largest absolute Gasteiger partial charge is 0.300 e. The van der Waals surface area contributed by atoms with Gasteiger partial charge in [-0.1, -0.05) is 46.3 Å². The standard InChI is InChI=1S/C19H20BrN3OS/c20-19-9-12-6-13(10-19)8-18(7-12,11-19)16(24)22-17-21-15(23-25-17)14-4-2-1-3-5-14/h1-5,12-13H,6-11H2,(H,21,22,23,24)/t12-,13-,18?,19?/m1/s1. The van der Waals surface area contributed by atoms with Crippen molar-refractivity contribution >= 4 is 38.5 Å². The molecule has 1 aromatic heterocycles. The Morgan fingerprint density at radius 1 is 1.16 bits per heavy atom. The van der Waals surface area contributed by atoms with Crippen LogP contribution in [0.1, 0.15) is 38.5 Å². The fourth-order valence-electron chi connectivity index (χ4n) is 5.62. The molecule has 4 fully saturated rings. The van der Waals surface area contributed by atoms with E-state index in [1.807, 2.05) is 30.3 Å². The minimum atomic E-state index is -0.216. The summed E-state index contributed by atoms with van der Waals surface area (Å²) < 4.78 is 4.59. The van der Waals surface area contributed by atoms with Gasteiger partial charge in [0.1, 0.15) is 0 Å². The summed E-state index contributed by atoms with van der Waals surface area (Å²) in [4.78, 5) is 17.7. The molecule has 0 radical (unpaired) electrons. The molecule has 0 unspecified atom stereocenters. The highest BCUT2D eigenvalue weighted by atomic mass is 79.9. The number of amides is 1. The number of halogens is 1. The quantitative estimate of drug-likeness (QED) is 0.723. The van der Waals surface area contributed by atoms with Gasteiger partial charge in [-0.3, -0.25) is 4.79 Å². The fraction of sp³-hybridized carbons (Fsp3) is 0.526. The number of aromatic nitrogens is 2. The van der Waals surface area contributed by atoms with Gasteiger partial charge in [0.2, 0.25) is 11.0 Å². The van der Waals surface area contributed by atoms with Gasteiger partial charge in [0, 0.05) is 21.4 Å². The van der Waals surface area contributed by atoms with Crippen LogP contribution >= 0.6 is 27.5 Å². The SMILES string of the molecule is O=C(Nc1nc(-c2ccccc2)ns1)C12C[C@H]3C[C@@H](CC(Br)(C3)C1)C2. The lowest BCUT2D eigenvalue weighted by Crippen LogP contribution is -2.57. The van der Waals surface area contributed by atoms with Crippen LogP contribution in [0.4, 0.5) is 5.13 Å². The van der Waals surface area contributed by atoms with Gasteiger partial charge in [-0.25, -0.2) is 0 Å². The van der Waals surface area contributed by atoms with E-state index in [2.05, 4.69) is 30.6 Å².